The highest BCUT2D eigenvalue weighted by Crippen LogP contribution is 2.35. The summed E-state index contributed by atoms with van der Waals surface area (Å²) in [4.78, 5) is 26.1. The zero-order valence-electron chi connectivity index (χ0n) is 14.7. The lowest BCUT2D eigenvalue weighted by Gasteiger charge is -2.15. The molecule has 1 aliphatic heterocycles. The third-order valence-corrected chi connectivity index (χ3v) is 4.69. The predicted octanol–water partition coefficient (Wildman–Crippen LogP) is 4.87. The summed E-state index contributed by atoms with van der Waals surface area (Å²) in [6.45, 7) is 4.64. The van der Waals surface area contributed by atoms with Crippen LogP contribution in [0.25, 0.3) is 5.57 Å². The first-order valence-electron chi connectivity index (χ1n) is 8.30. The van der Waals surface area contributed by atoms with E-state index in [1.54, 1.807) is 24.3 Å². The molecule has 7 heteroatoms. The van der Waals surface area contributed by atoms with Crippen LogP contribution in [0.5, 0.6) is 5.75 Å². The third kappa shape index (κ3) is 3.80. The van der Waals surface area contributed by atoms with Crippen LogP contribution in [0.1, 0.15) is 19.4 Å². The number of aliphatic hydroxyl groups excluding tert-OH is 1. The van der Waals surface area contributed by atoms with Gasteiger partial charge in [0.1, 0.15) is 5.75 Å². The molecular weight excluding hydrogens is 389 g/mol. The Hall–Kier alpha value is -2.50. The largest absolute Gasteiger partial charge is 0.502 e. The molecule has 0 fully saturated rings. The molecule has 0 saturated carbocycles. The molecule has 1 N–H and O–H groups in total. The van der Waals surface area contributed by atoms with Crippen molar-refractivity contribution < 1.29 is 19.4 Å². The zero-order chi connectivity index (χ0) is 19.7. The van der Waals surface area contributed by atoms with Gasteiger partial charge in [0, 0.05) is 0 Å². The molecule has 2 aromatic carbocycles. The third-order valence-electron chi connectivity index (χ3n) is 3.95. The SMILES string of the molecule is CC(C)COc1ccc(C2=C(O)C(=O)N(c3ccc(Cl)c(Cl)c3)C2=O)cc1. The van der Waals surface area contributed by atoms with Gasteiger partial charge in [0.05, 0.1) is 27.9 Å². The molecule has 5 nitrogen and oxygen atoms in total. The molecule has 2 amide bonds. The summed E-state index contributed by atoms with van der Waals surface area (Å²) >= 11 is 11.9. The Labute approximate surface area is 166 Å². The molecule has 0 saturated heterocycles. The molecule has 1 aliphatic rings. The van der Waals surface area contributed by atoms with Crippen LogP contribution in [0, 0.1) is 5.92 Å². The quantitative estimate of drug-likeness (QED) is 0.720. The zero-order valence-corrected chi connectivity index (χ0v) is 16.2. The Morgan fingerprint density at radius 1 is 1.00 bits per heavy atom. The maximum absolute atomic E-state index is 12.8. The number of imide groups is 1. The van der Waals surface area contributed by atoms with Crippen molar-refractivity contribution in [2.45, 2.75) is 13.8 Å². The van der Waals surface area contributed by atoms with E-state index in [-0.39, 0.29) is 16.3 Å². The number of benzene rings is 2. The van der Waals surface area contributed by atoms with Crippen molar-refractivity contribution >= 4 is 46.3 Å². The van der Waals surface area contributed by atoms with Gasteiger partial charge in [-0.2, -0.15) is 0 Å². The van der Waals surface area contributed by atoms with Crippen molar-refractivity contribution in [3.05, 3.63) is 63.8 Å². The molecular formula is C20H17Cl2NO4. The second-order valence-corrected chi connectivity index (χ2v) is 7.31. The van der Waals surface area contributed by atoms with Crippen LogP contribution >= 0.6 is 23.2 Å². The standard InChI is InChI=1S/C20H17Cl2NO4/c1-11(2)10-27-14-6-3-12(4-7-14)17-18(24)20(26)23(19(17)25)13-5-8-15(21)16(22)9-13/h3-9,11,24H,10H2,1-2H3. The van der Waals surface area contributed by atoms with Crippen molar-refractivity contribution in [3.63, 3.8) is 0 Å². The fourth-order valence-electron chi connectivity index (χ4n) is 2.62. The minimum absolute atomic E-state index is 0.0681. The summed E-state index contributed by atoms with van der Waals surface area (Å²) in [6, 6.07) is 11.0. The van der Waals surface area contributed by atoms with E-state index in [0.29, 0.717) is 28.9 Å². The molecule has 3 rings (SSSR count). The van der Waals surface area contributed by atoms with Gasteiger partial charge in [-0.15, -0.1) is 0 Å². The molecule has 0 bridgehead atoms. The van der Waals surface area contributed by atoms with Crippen LogP contribution in [-0.4, -0.2) is 23.5 Å². The second kappa shape index (κ2) is 7.62. The van der Waals surface area contributed by atoms with Gasteiger partial charge in [0.15, 0.2) is 5.76 Å². The smallest absolute Gasteiger partial charge is 0.301 e. The highest BCUT2D eigenvalue weighted by atomic mass is 35.5. The van der Waals surface area contributed by atoms with Crippen molar-refractivity contribution in [1.82, 2.24) is 0 Å². The van der Waals surface area contributed by atoms with Crippen molar-refractivity contribution in [3.8, 4) is 5.75 Å². The lowest BCUT2D eigenvalue weighted by molar-refractivity contribution is -0.121. The average molecular weight is 406 g/mol. The van der Waals surface area contributed by atoms with E-state index < -0.39 is 17.6 Å². The molecule has 0 radical (unpaired) electrons. The summed E-state index contributed by atoms with van der Waals surface area (Å²) in [5.41, 5.74) is 0.588. The van der Waals surface area contributed by atoms with Crippen LogP contribution in [0.4, 0.5) is 5.69 Å². The second-order valence-electron chi connectivity index (χ2n) is 6.50. The van der Waals surface area contributed by atoms with Crippen molar-refractivity contribution in [2.24, 2.45) is 5.92 Å². The summed E-state index contributed by atoms with van der Waals surface area (Å²) in [7, 11) is 0. The first-order valence-corrected chi connectivity index (χ1v) is 9.05. The van der Waals surface area contributed by atoms with E-state index in [1.807, 2.05) is 13.8 Å². The van der Waals surface area contributed by atoms with E-state index >= 15 is 0 Å². The topological polar surface area (TPSA) is 66.8 Å². The number of halogens is 2. The van der Waals surface area contributed by atoms with Gasteiger partial charge in [0.2, 0.25) is 0 Å². The molecule has 1 heterocycles. The fraction of sp³-hybridized carbons (Fsp3) is 0.200. The number of rotatable bonds is 5. The number of amides is 2. The minimum atomic E-state index is -0.812. The maximum Gasteiger partial charge on any atom is 0.301 e. The van der Waals surface area contributed by atoms with E-state index in [9.17, 15) is 14.7 Å². The number of carbonyl (C=O) groups is 2. The van der Waals surface area contributed by atoms with Gasteiger partial charge in [-0.25, -0.2) is 4.90 Å². The highest BCUT2D eigenvalue weighted by Gasteiger charge is 2.40. The lowest BCUT2D eigenvalue weighted by atomic mass is 10.1. The van der Waals surface area contributed by atoms with Crippen LogP contribution in [0.2, 0.25) is 10.0 Å². The Bertz CT molecular complexity index is 935. The van der Waals surface area contributed by atoms with Crippen LogP contribution < -0.4 is 9.64 Å². The van der Waals surface area contributed by atoms with E-state index in [0.717, 1.165) is 4.90 Å². The molecule has 0 aromatic heterocycles. The normalized spacial score (nSPS) is 14.5. The molecule has 0 aliphatic carbocycles. The van der Waals surface area contributed by atoms with Crippen LogP contribution in [0.3, 0.4) is 0 Å². The molecule has 0 spiro atoms. The lowest BCUT2D eigenvalue weighted by Crippen LogP contribution is -2.31. The summed E-state index contributed by atoms with van der Waals surface area (Å²) in [5, 5.41) is 10.8. The van der Waals surface area contributed by atoms with Crippen LogP contribution in [-0.2, 0) is 9.59 Å². The summed E-state index contributed by atoms with van der Waals surface area (Å²) in [5.74, 6) is -1.03. The van der Waals surface area contributed by atoms with Gasteiger partial charge in [-0.05, 0) is 41.8 Å². The number of nitrogens with zero attached hydrogens (tertiary/aromatic N) is 1. The first kappa shape index (κ1) is 19.3. The van der Waals surface area contributed by atoms with Gasteiger partial charge >= 0.3 is 5.91 Å². The predicted molar refractivity (Wildman–Crippen MR) is 105 cm³/mol. The fourth-order valence-corrected chi connectivity index (χ4v) is 2.91. The van der Waals surface area contributed by atoms with E-state index in [4.69, 9.17) is 27.9 Å². The van der Waals surface area contributed by atoms with Crippen LogP contribution in [0.15, 0.2) is 48.2 Å². The van der Waals surface area contributed by atoms with Gasteiger partial charge < -0.3 is 9.84 Å². The Morgan fingerprint density at radius 3 is 2.26 bits per heavy atom. The molecule has 27 heavy (non-hydrogen) atoms. The number of ether oxygens (including phenoxy) is 1. The first-order chi connectivity index (χ1) is 12.8. The molecule has 2 aromatic rings. The van der Waals surface area contributed by atoms with E-state index in [1.165, 1.54) is 18.2 Å². The van der Waals surface area contributed by atoms with E-state index in [2.05, 4.69) is 0 Å². The number of aliphatic hydroxyl groups is 1. The summed E-state index contributed by atoms with van der Waals surface area (Å²) in [6.07, 6.45) is 0. The summed E-state index contributed by atoms with van der Waals surface area (Å²) < 4.78 is 5.61. The monoisotopic (exact) mass is 405 g/mol. The van der Waals surface area contributed by atoms with Gasteiger partial charge in [0.25, 0.3) is 5.91 Å². The molecule has 0 unspecified atom stereocenters. The number of anilines is 1. The minimum Gasteiger partial charge on any atom is -0.502 e. The average Bonchev–Trinajstić information content (AvgIpc) is 2.85. The van der Waals surface area contributed by atoms with Crippen molar-refractivity contribution in [2.75, 3.05) is 11.5 Å². The molecule has 0 atom stereocenters. The maximum atomic E-state index is 12.8. The van der Waals surface area contributed by atoms with Gasteiger partial charge in [-0.1, -0.05) is 49.2 Å². The Morgan fingerprint density at radius 2 is 1.67 bits per heavy atom. The van der Waals surface area contributed by atoms with Gasteiger partial charge in [-0.3, -0.25) is 9.59 Å². The molecule has 140 valence electrons. The number of carbonyl (C=O) groups excluding carboxylic acids is 2. The number of hydrogen-bond donors (Lipinski definition) is 1. The Kier molecular flexibility index (Phi) is 5.44. The Balaban J connectivity index is 1.89. The number of hydrogen-bond acceptors (Lipinski definition) is 4. The van der Waals surface area contributed by atoms with Crippen molar-refractivity contribution in [1.29, 1.82) is 0 Å². The highest BCUT2D eigenvalue weighted by molar-refractivity contribution is 6.46.